The summed E-state index contributed by atoms with van der Waals surface area (Å²) in [5, 5.41) is 6.58. The summed E-state index contributed by atoms with van der Waals surface area (Å²) in [6, 6.07) is 1.87. The van der Waals surface area contributed by atoms with Crippen molar-refractivity contribution in [1.82, 2.24) is 25.5 Å². The molecular weight excluding hydrogens is 400 g/mol. The normalized spacial score (nSPS) is 18.0. The van der Waals surface area contributed by atoms with Crippen molar-refractivity contribution in [2.45, 2.75) is 51.4 Å². The predicted molar refractivity (Wildman–Crippen MR) is 113 cm³/mol. The lowest BCUT2D eigenvalue weighted by Crippen LogP contribution is -2.56. The van der Waals surface area contributed by atoms with Gasteiger partial charge in [-0.05, 0) is 27.2 Å². The van der Waals surface area contributed by atoms with Crippen molar-refractivity contribution < 1.29 is 9.59 Å². The lowest BCUT2D eigenvalue weighted by molar-refractivity contribution is -0.119. The van der Waals surface area contributed by atoms with Crippen molar-refractivity contribution in [3.8, 4) is 0 Å². The van der Waals surface area contributed by atoms with Gasteiger partial charge < -0.3 is 20.4 Å². The molecule has 2 atom stereocenters. The standard InChI is InChI=1S/C18H29ClN6O2S/c1-5-12(3)21-16(26)11-28-17-22-14(19)9-15(23-17)24-7-8-25(13(4)10-24)18(27)20-6-2/h9,12-13H,5-8,10-11H2,1-4H3,(H,20,27)(H,21,26)/t12-,13+/m0/s1. The van der Waals surface area contributed by atoms with Gasteiger partial charge in [0.1, 0.15) is 11.0 Å². The van der Waals surface area contributed by atoms with Gasteiger partial charge in [-0.3, -0.25) is 4.79 Å². The maximum Gasteiger partial charge on any atom is 0.317 e. The first-order chi connectivity index (χ1) is 13.3. The Morgan fingerprint density at radius 2 is 2.11 bits per heavy atom. The summed E-state index contributed by atoms with van der Waals surface area (Å²) in [7, 11) is 0. The van der Waals surface area contributed by atoms with Crippen LogP contribution in [-0.4, -0.2) is 70.8 Å². The van der Waals surface area contributed by atoms with Crippen LogP contribution in [0.2, 0.25) is 5.15 Å². The molecule has 1 aromatic heterocycles. The number of carbonyl (C=O) groups is 2. The molecule has 1 aliphatic rings. The number of thioether (sulfide) groups is 1. The molecule has 28 heavy (non-hydrogen) atoms. The number of hydrogen-bond donors (Lipinski definition) is 2. The first-order valence-electron chi connectivity index (χ1n) is 9.60. The van der Waals surface area contributed by atoms with Gasteiger partial charge in [-0.15, -0.1) is 0 Å². The van der Waals surface area contributed by atoms with Crippen LogP contribution in [-0.2, 0) is 4.79 Å². The third kappa shape index (κ3) is 6.41. The fourth-order valence-corrected chi connectivity index (χ4v) is 3.77. The first kappa shape index (κ1) is 22.5. The predicted octanol–water partition coefficient (Wildman–Crippen LogP) is 2.38. The summed E-state index contributed by atoms with van der Waals surface area (Å²) in [6.45, 7) is 10.4. The minimum Gasteiger partial charge on any atom is -0.353 e. The van der Waals surface area contributed by atoms with Crippen molar-refractivity contribution in [2.24, 2.45) is 0 Å². The molecule has 2 rings (SSSR count). The minimum atomic E-state index is -0.0475. The minimum absolute atomic E-state index is 0.0427. The molecular formula is C18H29ClN6O2S. The first-order valence-corrected chi connectivity index (χ1v) is 11.0. The molecule has 156 valence electrons. The number of anilines is 1. The van der Waals surface area contributed by atoms with E-state index in [1.807, 2.05) is 32.6 Å². The third-order valence-corrected chi connectivity index (χ3v) is 5.59. The second kappa shape index (κ2) is 10.7. The number of piperazine rings is 1. The second-order valence-electron chi connectivity index (χ2n) is 6.82. The van der Waals surface area contributed by atoms with Crippen molar-refractivity contribution in [1.29, 1.82) is 0 Å². The Hall–Kier alpha value is -1.74. The molecule has 10 heteroatoms. The molecule has 8 nitrogen and oxygen atoms in total. The Labute approximate surface area is 175 Å². The summed E-state index contributed by atoms with van der Waals surface area (Å²) in [5.41, 5.74) is 0. The van der Waals surface area contributed by atoms with Crippen molar-refractivity contribution in [3.63, 3.8) is 0 Å². The van der Waals surface area contributed by atoms with E-state index in [4.69, 9.17) is 11.6 Å². The van der Waals surface area contributed by atoms with Crippen LogP contribution in [0.5, 0.6) is 0 Å². The molecule has 3 amide bonds. The van der Waals surface area contributed by atoms with E-state index in [1.54, 1.807) is 6.07 Å². The van der Waals surface area contributed by atoms with Crippen molar-refractivity contribution in [3.05, 3.63) is 11.2 Å². The number of carbonyl (C=O) groups excluding carboxylic acids is 2. The molecule has 0 bridgehead atoms. The van der Waals surface area contributed by atoms with Crippen LogP contribution < -0.4 is 15.5 Å². The number of nitrogens with zero attached hydrogens (tertiary/aromatic N) is 4. The van der Waals surface area contributed by atoms with Gasteiger partial charge in [0.25, 0.3) is 0 Å². The highest BCUT2D eigenvalue weighted by Crippen LogP contribution is 2.24. The zero-order chi connectivity index (χ0) is 20.7. The van der Waals surface area contributed by atoms with Crippen LogP contribution in [0, 0.1) is 0 Å². The van der Waals surface area contributed by atoms with Gasteiger partial charge in [-0.25, -0.2) is 14.8 Å². The molecule has 1 aromatic rings. The summed E-state index contributed by atoms with van der Waals surface area (Å²) >= 11 is 7.45. The number of hydrogen-bond acceptors (Lipinski definition) is 6. The molecule has 1 saturated heterocycles. The lowest BCUT2D eigenvalue weighted by Gasteiger charge is -2.40. The Morgan fingerprint density at radius 1 is 1.36 bits per heavy atom. The lowest BCUT2D eigenvalue weighted by atomic mass is 10.2. The topological polar surface area (TPSA) is 90.5 Å². The Kier molecular flexibility index (Phi) is 8.62. The van der Waals surface area contributed by atoms with Gasteiger partial charge in [-0.1, -0.05) is 30.3 Å². The highest BCUT2D eigenvalue weighted by molar-refractivity contribution is 7.99. The Balaban J connectivity index is 1.99. The van der Waals surface area contributed by atoms with Crippen molar-refractivity contribution >= 4 is 41.1 Å². The third-order valence-electron chi connectivity index (χ3n) is 4.55. The molecule has 2 heterocycles. The van der Waals surface area contributed by atoms with Crippen LogP contribution in [0.1, 0.15) is 34.1 Å². The average Bonchev–Trinajstić information content (AvgIpc) is 2.65. The number of nitrogens with one attached hydrogen (secondary N) is 2. The van der Waals surface area contributed by atoms with Crippen LogP contribution in [0.15, 0.2) is 11.2 Å². The number of halogens is 1. The monoisotopic (exact) mass is 428 g/mol. The fraction of sp³-hybridized carbons (Fsp3) is 0.667. The smallest absolute Gasteiger partial charge is 0.317 e. The molecule has 1 fully saturated rings. The van der Waals surface area contributed by atoms with Gasteiger partial charge in [0.2, 0.25) is 5.91 Å². The number of rotatable bonds is 7. The second-order valence-corrected chi connectivity index (χ2v) is 8.15. The SMILES string of the molecule is CCNC(=O)N1CCN(c2cc(Cl)nc(SCC(=O)N[C@@H](C)CC)n2)C[C@H]1C. The van der Waals surface area contributed by atoms with Gasteiger partial charge in [0, 0.05) is 44.3 Å². The average molecular weight is 429 g/mol. The molecule has 0 saturated carbocycles. The van der Waals surface area contributed by atoms with Gasteiger partial charge in [0.05, 0.1) is 5.75 Å². The zero-order valence-electron chi connectivity index (χ0n) is 16.9. The summed E-state index contributed by atoms with van der Waals surface area (Å²) in [5.74, 6) is 0.909. The van der Waals surface area contributed by atoms with Crippen LogP contribution in [0.3, 0.4) is 0 Å². The van der Waals surface area contributed by atoms with Crippen LogP contribution in [0.25, 0.3) is 0 Å². The molecule has 0 aliphatic carbocycles. The van der Waals surface area contributed by atoms with Gasteiger partial charge in [0.15, 0.2) is 5.16 Å². The molecule has 0 radical (unpaired) electrons. The van der Waals surface area contributed by atoms with E-state index in [9.17, 15) is 9.59 Å². The largest absolute Gasteiger partial charge is 0.353 e. The molecule has 0 spiro atoms. The van der Waals surface area contributed by atoms with Gasteiger partial charge >= 0.3 is 6.03 Å². The summed E-state index contributed by atoms with van der Waals surface area (Å²) < 4.78 is 0. The van der Waals surface area contributed by atoms with E-state index in [2.05, 4.69) is 25.5 Å². The van der Waals surface area contributed by atoms with Crippen molar-refractivity contribution in [2.75, 3.05) is 36.8 Å². The van der Waals surface area contributed by atoms with E-state index in [0.29, 0.717) is 42.3 Å². The highest BCUT2D eigenvalue weighted by atomic mass is 35.5. The molecule has 0 aromatic carbocycles. The highest BCUT2D eigenvalue weighted by Gasteiger charge is 2.28. The summed E-state index contributed by atoms with van der Waals surface area (Å²) in [6.07, 6.45) is 0.884. The van der Waals surface area contributed by atoms with Crippen LogP contribution in [0.4, 0.5) is 10.6 Å². The van der Waals surface area contributed by atoms with E-state index >= 15 is 0 Å². The molecule has 1 aliphatic heterocycles. The van der Waals surface area contributed by atoms with Gasteiger partial charge in [-0.2, -0.15) is 0 Å². The quantitative estimate of drug-likeness (QED) is 0.393. The Morgan fingerprint density at radius 3 is 2.75 bits per heavy atom. The maximum absolute atomic E-state index is 12.1. The molecule has 0 unspecified atom stereocenters. The van der Waals surface area contributed by atoms with E-state index in [-0.39, 0.29) is 29.8 Å². The van der Waals surface area contributed by atoms with E-state index in [0.717, 1.165) is 6.42 Å². The zero-order valence-corrected chi connectivity index (χ0v) is 18.4. The fourth-order valence-electron chi connectivity index (χ4n) is 2.88. The number of urea groups is 1. The maximum atomic E-state index is 12.1. The van der Waals surface area contributed by atoms with Crippen LogP contribution >= 0.6 is 23.4 Å². The van der Waals surface area contributed by atoms with E-state index in [1.165, 1.54) is 11.8 Å². The molecule has 2 N–H and O–H groups in total. The Bertz CT molecular complexity index is 692. The number of amides is 3. The number of aromatic nitrogens is 2. The van der Waals surface area contributed by atoms with E-state index < -0.39 is 0 Å². The summed E-state index contributed by atoms with van der Waals surface area (Å²) in [4.78, 5) is 36.8.